The van der Waals surface area contributed by atoms with Gasteiger partial charge in [-0.2, -0.15) is 18.2 Å². The quantitative estimate of drug-likeness (QED) is 0.123. The summed E-state index contributed by atoms with van der Waals surface area (Å²) in [7, 11) is 0. The molecule has 0 N–H and O–H groups in total. The number of fused-ring (bicyclic) bond motifs is 14. The summed E-state index contributed by atoms with van der Waals surface area (Å²) in [6, 6.07) is 71.8. The van der Waals surface area contributed by atoms with Crippen molar-refractivity contribution in [1.82, 2.24) is 18.7 Å². The largest absolute Gasteiger partial charge is 0.510 e. The maximum Gasteiger partial charge on any atom is 0.268 e. The number of nitrogens with zero attached hydrogens (tertiary/aromatic N) is 5. The Morgan fingerprint density at radius 2 is 1.12 bits per heavy atom. The van der Waals surface area contributed by atoms with Crippen LogP contribution in [0.5, 0.6) is 11.5 Å². The molecule has 0 saturated carbocycles. The van der Waals surface area contributed by atoms with E-state index in [0.29, 0.717) is 34.0 Å². The molecule has 0 unspecified atom stereocenters. The van der Waals surface area contributed by atoms with Gasteiger partial charge in [0.2, 0.25) is 0 Å². The molecule has 2 aliphatic rings. The summed E-state index contributed by atoms with van der Waals surface area (Å²) in [5.74, 6) is 1.84. The fraction of sp³-hybridized carbons (Fsp3) is 0.154. The van der Waals surface area contributed by atoms with Crippen LogP contribution in [0.1, 0.15) is 83.5 Å². The van der Waals surface area contributed by atoms with Crippen molar-refractivity contribution in [3.05, 3.63) is 254 Å². The first kappa shape index (κ1) is 48.3. The van der Waals surface area contributed by atoms with Gasteiger partial charge in [0.15, 0.2) is 0 Å². The number of rotatable bonds is 6. The van der Waals surface area contributed by atoms with E-state index in [1.807, 2.05) is 71.4 Å². The number of hydrogen-bond donors (Lipinski definition) is 0. The number of benzene rings is 10. The number of ether oxygens (including phenoxy) is 1. The average Bonchev–Trinajstić information content (AvgIpc) is 1.71. The number of para-hydroxylation sites is 5. The first-order valence-electron chi connectivity index (χ1n) is 31.1. The van der Waals surface area contributed by atoms with Gasteiger partial charge in [0.05, 0.1) is 38.9 Å². The molecule has 0 bridgehead atoms. The molecule has 0 spiro atoms. The molecule has 16 rings (SSSR count). The van der Waals surface area contributed by atoms with E-state index in [1.165, 1.54) is 16.7 Å². The Morgan fingerprint density at radius 3 is 1.82 bits per heavy atom. The predicted molar refractivity (Wildman–Crippen MR) is 344 cm³/mol. The third-order valence-corrected chi connectivity index (χ3v) is 18.1. The molecule has 85 heavy (non-hydrogen) atoms. The van der Waals surface area contributed by atoms with Gasteiger partial charge < -0.3 is 18.4 Å². The van der Waals surface area contributed by atoms with Gasteiger partial charge in [-0.05, 0) is 144 Å². The monoisotopic (exact) mass is 1280 g/mol. The zero-order chi connectivity index (χ0) is 60.3. The predicted octanol–water partition coefficient (Wildman–Crippen LogP) is 19.3. The summed E-state index contributed by atoms with van der Waals surface area (Å²) in [5, 5.41) is 4.13. The Labute approximate surface area is 516 Å². The van der Waals surface area contributed by atoms with Crippen LogP contribution in [0, 0.1) is 18.5 Å². The van der Waals surface area contributed by atoms with Crippen molar-refractivity contribution < 1.29 is 35.9 Å². The van der Waals surface area contributed by atoms with Gasteiger partial charge in [-0.3, -0.25) is 4.57 Å². The Morgan fingerprint density at radius 1 is 0.529 bits per heavy atom. The number of hydrogen-bond acceptors (Lipinski definition) is 2. The van der Waals surface area contributed by atoms with Crippen LogP contribution in [-0.2, 0) is 37.3 Å². The van der Waals surface area contributed by atoms with Gasteiger partial charge in [0, 0.05) is 60.6 Å². The molecular formula is C78H61N5OPt-2. The van der Waals surface area contributed by atoms with Crippen LogP contribution in [0.3, 0.4) is 0 Å². The van der Waals surface area contributed by atoms with E-state index in [2.05, 4.69) is 208 Å². The fourth-order valence-electron chi connectivity index (χ4n) is 13.6. The molecule has 7 heteroatoms. The van der Waals surface area contributed by atoms with Crippen molar-refractivity contribution in [2.75, 3.05) is 0 Å². The smallest absolute Gasteiger partial charge is 0.268 e. The minimum atomic E-state index is -0.302. The van der Waals surface area contributed by atoms with E-state index in [-0.39, 0.29) is 61.5 Å². The van der Waals surface area contributed by atoms with Gasteiger partial charge in [-0.1, -0.05) is 187 Å². The van der Waals surface area contributed by atoms with E-state index in [0.717, 1.165) is 112 Å². The number of pyridine rings is 1. The Balaban J connectivity index is 0.00000663. The summed E-state index contributed by atoms with van der Waals surface area (Å²) in [5.41, 5.74) is 18.2. The van der Waals surface area contributed by atoms with Crippen molar-refractivity contribution in [3.63, 3.8) is 0 Å². The number of imidazole rings is 1. The topological polar surface area (TPSA) is 40.8 Å². The molecule has 416 valence electrons. The molecule has 6 nitrogen and oxygen atoms in total. The first-order valence-corrected chi connectivity index (χ1v) is 29.1. The molecular weight excluding hydrogens is 1220 g/mol. The average molecular weight is 1280 g/mol. The second-order valence-corrected chi connectivity index (χ2v) is 25.1. The van der Waals surface area contributed by atoms with E-state index in [4.69, 9.17) is 9.72 Å². The molecule has 0 fully saturated rings. The minimum absolute atomic E-state index is 0. The van der Waals surface area contributed by atoms with E-state index in [9.17, 15) is 5.48 Å². The minimum Gasteiger partial charge on any atom is -0.510 e. The van der Waals surface area contributed by atoms with Crippen LogP contribution in [-0.4, -0.2) is 18.7 Å². The van der Waals surface area contributed by atoms with Crippen LogP contribution >= 0.6 is 0 Å². The summed E-state index contributed by atoms with van der Waals surface area (Å²) >= 11 is 0. The molecule has 0 amide bonds. The Bertz CT molecular complexity index is 5260. The normalized spacial score (nSPS) is 14.7. The SMILES string of the molecule is [2H]c1c([2H])c([2H])c(-n2c3ccccc3c3ccccc32)c(-c2ccc3c(c2)-[n+]2[c-]n(-c4[c-]c(Oc5[c-]c6c(cc5)c5ccccc5n6-c5cc(C(C)(C)C)ccn5)ccc4)c4cccc(c42)-c2ccccc2-c2cc4c(cc2-3)C(C)(C)CCC4(C)C)c1[2H].[Pt]. The second kappa shape index (κ2) is 19.5. The van der Waals surface area contributed by atoms with Crippen LogP contribution in [0.15, 0.2) is 218 Å². The van der Waals surface area contributed by atoms with Gasteiger partial charge in [-0.25, -0.2) is 4.98 Å². The molecule has 1 aliphatic heterocycles. The van der Waals surface area contributed by atoms with Gasteiger partial charge in [-0.15, -0.1) is 29.7 Å². The van der Waals surface area contributed by atoms with Crippen molar-refractivity contribution >= 4 is 54.6 Å². The van der Waals surface area contributed by atoms with Crippen LogP contribution in [0.2, 0.25) is 0 Å². The molecule has 5 heterocycles. The van der Waals surface area contributed by atoms with Crippen molar-refractivity contribution in [1.29, 1.82) is 0 Å². The van der Waals surface area contributed by atoms with Crippen molar-refractivity contribution in [3.8, 4) is 78.9 Å². The summed E-state index contributed by atoms with van der Waals surface area (Å²) in [4.78, 5) is 4.91. The summed E-state index contributed by atoms with van der Waals surface area (Å²) in [6.45, 7) is 16.1. The van der Waals surface area contributed by atoms with E-state index < -0.39 is 0 Å². The van der Waals surface area contributed by atoms with Crippen LogP contribution in [0.4, 0.5) is 0 Å². The second-order valence-electron chi connectivity index (χ2n) is 25.1. The van der Waals surface area contributed by atoms with Gasteiger partial charge in [0.25, 0.3) is 6.33 Å². The zero-order valence-electron chi connectivity index (χ0n) is 52.3. The maximum atomic E-state index is 9.92. The first-order chi connectivity index (χ1) is 42.4. The van der Waals surface area contributed by atoms with Crippen molar-refractivity contribution in [2.45, 2.75) is 77.6 Å². The van der Waals surface area contributed by atoms with E-state index >= 15 is 0 Å². The third kappa shape index (κ3) is 8.31. The molecule has 4 aromatic heterocycles. The van der Waals surface area contributed by atoms with Crippen molar-refractivity contribution in [2.24, 2.45) is 0 Å². The third-order valence-electron chi connectivity index (χ3n) is 18.1. The molecule has 10 aromatic carbocycles. The summed E-state index contributed by atoms with van der Waals surface area (Å²) < 4.78 is 53.5. The Hall–Kier alpha value is -9.09. The standard InChI is InChI=1S/C78H61N5O.Pt/c1-76(2,3)50-38-41-79-74(43-50)83-70-32-17-13-27-59(70)60-37-35-53(45-73(60)83)84-52-21-18-20-51(44-52)80-48-81-72-42-49(54-22-10-14-29-67(54)82-68-30-15-11-25-57(68)58-26-12-16-31-69(58)82)34-36-61(72)64-47-66-65(77(4,5)39-40-78(66,6)7)46-63(64)56-24-9-8-23-55(56)62-28-19-33-71(80)75(62)81;/h8-38,41-43,46-47H,39-40H2,1-7H3;/q-2;/i10D,14D,22D,29D;. The maximum absolute atomic E-state index is 9.92. The molecule has 1 aliphatic carbocycles. The number of aromatic nitrogens is 5. The molecule has 0 atom stereocenters. The van der Waals surface area contributed by atoms with Crippen LogP contribution < -0.4 is 9.30 Å². The van der Waals surface area contributed by atoms with Gasteiger partial charge in [0.1, 0.15) is 5.82 Å². The summed E-state index contributed by atoms with van der Waals surface area (Å²) in [6.07, 6.45) is 7.91. The Kier molecular flexibility index (Phi) is 11.1. The van der Waals surface area contributed by atoms with Gasteiger partial charge >= 0.3 is 0 Å². The molecule has 0 saturated heterocycles. The fourth-order valence-corrected chi connectivity index (χ4v) is 13.6. The molecule has 14 aromatic rings. The zero-order valence-corrected chi connectivity index (χ0v) is 50.6. The molecule has 0 radical (unpaired) electrons. The van der Waals surface area contributed by atoms with E-state index in [1.54, 1.807) is 0 Å². The van der Waals surface area contributed by atoms with Crippen LogP contribution in [0.25, 0.3) is 122 Å².